The molecule has 4 aromatic carbocycles. The van der Waals surface area contributed by atoms with Crippen LogP contribution in [0.1, 0.15) is 40.0 Å². The molecule has 1 saturated carbocycles. The van der Waals surface area contributed by atoms with Crippen molar-refractivity contribution in [1.82, 2.24) is 5.32 Å². The van der Waals surface area contributed by atoms with Gasteiger partial charge in [-0.25, -0.2) is 0 Å². The molecule has 1 saturated heterocycles. The van der Waals surface area contributed by atoms with Crippen molar-refractivity contribution in [1.29, 1.82) is 0 Å². The minimum Gasteiger partial charge on any atom is -0.299 e. The monoisotopic (exact) mass is 429 g/mol. The van der Waals surface area contributed by atoms with Crippen LogP contribution in [0.4, 0.5) is 0 Å². The van der Waals surface area contributed by atoms with Crippen molar-refractivity contribution in [3.63, 3.8) is 0 Å². The normalized spacial score (nSPS) is 29.9. The van der Waals surface area contributed by atoms with Crippen LogP contribution in [-0.2, 0) is 10.8 Å². The van der Waals surface area contributed by atoms with Crippen LogP contribution < -0.4 is 5.32 Å². The lowest BCUT2D eigenvalue weighted by atomic mass is 9.75. The Morgan fingerprint density at radius 2 is 1.09 bits per heavy atom. The molecule has 1 aliphatic carbocycles. The fourth-order valence-electron chi connectivity index (χ4n) is 6.92. The predicted molar refractivity (Wildman–Crippen MR) is 132 cm³/mol. The Morgan fingerprint density at radius 1 is 0.636 bits per heavy atom. The van der Waals surface area contributed by atoms with Gasteiger partial charge >= 0.3 is 0 Å². The fourth-order valence-corrected chi connectivity index (χ4v) is 6.92. The summed E-state index contributed by atoms with van der Waals surface area (Å²) in [6.45, 7) is 2.34. The maximum atomic E-state index is 14.1. The van der Waals surface area contributed by atoms with Crippen molar-refractivity contribution in [2.75, 3.05) is 0 Å². The molecule has 0 aromatic heterocycles. The minimum absolute atomic E-state index is 0.0361. The highest BCUT2D eigenvalue weighted by Crippen LogP contribution is 2.79. The first-order valence-electron chi connectivity index (χ1n) is 11.7. The highest BCUT2D eigenvalue weighted by molar-refractivity contribution is 6.03. The number of carbonyl (C=O) groups excluding carboxylic acids is 1. The molecule has 0 bridgehead atoms. The van der Waals surface area contributed by atoms with E-state index in [2.05, 4.69) is 103 Å². The van der Waals surface area contributed by atoms with Gasteiger partial charge in [-0.05, 0) is 22.6 Å². The van der Waals surface area contributed by atoms with Crippen LogP contribution in [0.5, 0.6) is 0 Å². The van der Waals surface area contributed by atoms with Gasteiger partial charge in [0.25, 0.3) is 0 Å². The smallest absolute Gasteiger partial charge is 0.180 e. The number of benzene rings is 4. The first kappa shape index (κ1) is 20.1. The SMILES string of the molecule is C[C@@H]1[C@@]2(c3ccccc3)[C@H](C(=O)c3ccccc3)N[C@H](c3ccccc3)[C@@]12c1ccccc1. The lowest BCUT2D eigenvalue weighted by molar-refractivity contribution is 0.0924. The molecule has 1 aliphatic heterocycles. The van der Waals surface area contributed by atoms with E-state index in [4.69, 9.17) is 0 Å². The highest BCUT2D eigenvalue weighted by atomic mass is 16.1. The molecule has 6 rings (SSSR count). The number of piperidine rings is 1. The summed E-state index contributed by atoms with van der Waals surface area (Å²) in [5.74, 6) is 0.460. The number of Topliss-reactive ketones (excluding diaryl/α,β-unsaturated/α-hetero) is 1. The van der Waals surface area contributed by atoms with Crippen LogP contribution in [-0.4, -0.2) is 11.8 Å². The molecule has 0 amide bonds. The van der Waals surface area contributed by atoms with Crippen LogP contribution in [0, 0.1) is 5.92 Å². The molecule has 33 heavy (non-hydrogen) atoms. The Morgan fingerprint density at radius 3 is 1.64 bits per heavy atom. The topological polar surface area (TPSA) is 29.1 Å². The van der Waals surface area contributed by atoms with Gasteiger partial charge in [0.15, 0.2) is 5.78 Å². The van der Waals surface area contributed by atoms with Crippen molar-refractivity contribution in [3.8, 4) is 0 Å². The van der Waals surface area contributed by atoms with E-state index in [1.807, 2.05) is 30.3 Å². The summed E-state index contributed by atoms with van der Waals surface area (Å²) in [6.07, 6.45) is 0. The summed E-state index contributed by atoms with van der Waals surface area (Å²) < 4.78 is 0. The second kappa shape index (κ2) is 7.54. The van der Waals surface area contributed by atoms with Gasteiger partial charge < -0.3 is 0 Å². The van der Waals surface area contributed by atoms with Gasteiger partial charge in [0.1, 0.15) is 0 Å². The van der Waals surface area contributed by atoms with Gasteiger partial charge in [-0.2, -0.15) is 0 Å². The molecule has 162 valence electrons. The van der Waals surface area contributed by atoms with Crippen molar-refractivity contribution >= 4 is 5.78 Å². The van der Waals surface area contributed by atoms with Crippen molar-refractivity contribution in [2.24, 2.45) is 5.92 Å². The van der Waals surface area contributed by atoms with Gasteiger partial charge in [0.05, 0.1) is 6.04 Å². The zero-order chi connectivity index (χ0) is 22.5. The zero-order valence-corrected chi connectivity index (χ0v) is 18.7. The molecule has 5 atom stereocenters. The van der Waals surface area contributed by atoms with Crippen LogP contribution in [0.2, 0.25) is 0 Å². The lowest BCUT2D eigenvalue weighted by Gasteiger charge is -2.27. The summed E-state index contributed by atoms with van der Waals surface area (Å²) in [6, 6.07) is 41.6. The highest BCUT2D eigenvalue weighted by Gasteiger charge is 2.85. The summed E-state index contributed by atoms with van der Waals surface area (Å²) in [5, 5.41) is 3.86. The Hall–Kier alpha value is -3.49. The van der Waals surface area contributed by atoms with E-state index in [1.54, 1.807) is 0 Å². The minimum atomic E-state index is -0.330. The zero-order valence-electron chi connectivity index (χ0n) is 18.7. The maximum absolute atomic E-state index is 14.1. The van der Waals surface area contributed by atoms with E-state index in [0.717, 1.165) is 5.56 Å². The molecule has 0 radical (unpaired) electrons. The summed E-state index contributed by atoms with van der Waals surface area (Å²) in [5.41, 5.74) is 3.98. The standard InChI is InChI=1S/C31H27NO/c1-22-30(25-18-10-4-11-19-25)28(24-16-8-3-9-17-24)32-29(27(33)23-14-6-2-7-15-23)31(22,30)26-20-12-5-13-21-26/h2-22,28-29,32H,1H3/t22-,28+,29-,30-,31+/m0/s1. The van der Waals surface area contributed by atoms with Crippen LogP contribution in [0.3, 0.4) is 0 Å². The van der Waals surface area contributed by atoms with Crippen molar-refractivity contribution in [2.45, 2.75) is 29.8 Å². The first-order chi connectivity index (χ1) is 16.2. The number of hydrogen-bond donors (Lipinski definition) is 1. The number of rotatable bonds is 5. The van der Waals surface area contributed by atoms with E-state index in [-0.39, 0.29) is 28.7 Å². The molecular formula is C31H27NO. The number of nitrogens with one attached hydrogen (secondary N) is 1. The third-order valence-electron chi connectivity index (χ3n) is 8.17. The average Bonchev–Trinajstić information content (AvgIpc) is 3.29. The van der Waals surface area contributed by atoms with E-state index >= 15 is 0 Å². The Labute approximate surface area is 195 Å². The number of ketones is 1. The summed E-state index contributed by atoms with van der Waals surface area (Å²) in [7, 11) is 0. The van der Waals surface area contributed by atoms with E-state index in [1.165, 1.54) is 16.7 Å². The Bertz CT molecular complexity index is 1270. The van der Waals surface area contributed by atoms with Gasteiger partial charge in [0.2, 0.25) is 0 Å². The fraction of sp³-hybridized carbons (Fsp3) is 0.194. The van der Waals surface area contributed by atoms with E-state index in [0.29, 0.717) is 5.92 Å². The van der Waals surface area contributed by atoms with E-state index < -0.39 is 0 Å². The maximum Gasteiger partial charge on any atom is 0.180 e. The third-order valence-corrected chi connectivity index (χ3v) is 8.17. The quantitative estimate of drug-likeness (QED) is 0.388. The first-order valence-corrected chi connectivity index (χ1v) is 11.7. The van der Waals surface area contributed by atoms with Crippen molar-refractivity contribution in [3.05, 3.63) is 144 Å². The molecule has 1 N–H and O–H groups in total. The Kier molecular flexibility index (Phi) is 4.60. The van der Waals surface area contributed by atoms with Crippen LogP contribution in [0.25, 0.3) is 0 Å². The summed E-state index contributed by atoms with van der Waals surface area (Å²) in [4.78, 5) is 14.1. The summed E-state index contributed by atoms with van der Waals surface area (Å²) >= 11 is 0. The molecule has 1 heterocycles. The van der Waals surface area contributed by atoms with Crippen LogP contribution >= 0.6 is 0 Å². The van der Waals surface area contributed by atoms with Gasteiger partial charge in [-0.1, -0.05) is 128 Å². The molecular weight excluding hydrogens is 402 g/mol. The van der Waals surface area contributed by atoms with Gasteiger partial charge in [-0.15, -0.1) is 0 Å². The molecule has 2 nitrogen and oxygen atoms in total. The molecule has 0 spiro atoms. The molecule has 2 aliphatic rings. The second-order valence-corrected chi connectivity index (χ2v) is 9.37. The van der Waals surface area contributed by atoms with E-state index in [9.17, 15) is 4.79 Å². The average molecular weight is 430 g/mol. The molecule has 2 heteroatoms. The molecule has 4 aromatic rings. The third kappa shape index (κ3) is 2.62. The molecule has 2 fully saturated rings. The number of hydrogen-bond acceptors (Lipinski definition) is 2. The largest absolute Gasteiger partial charge is 0.299 e. The Balaban J connectivity index is 1.62. The molecule has 0 unspecified atom stereocenters. The predicted octanol–water partition coefficient (Wildman–Crippen LogP) is 6.11. The second-order valence-electron chi connectivity index (χ2n) is 9.37. The van der Waals surface area contributed by atoms with Crippen LogP contribution in [0.15, 0.2) is 121 Å². The van der Waals surface area contributed by atoms with Gasteiger partial charge in [-0.3, -0.25) is 10.1 Å². The number of carbonyl (C=O) groups is 1. The number of fused-ring (bicyclic) bond motifs is 1. The van der Waals surface area contributed by atoms with Gasteiger partial charge in [0, 0.05) is 22.4 Å². The van der Waals surface area contributed by atoms with Crippen molar-refractivity contribution < 1.29 is 4.79 Å². The lowest BCUT2D eigenvalue weighted by Crippen LogP contribution is -2.44.